The second kappa shape index (κ2) is 6.69. The Bertz CT molecular complexity index is 586. The van der Waals surface area contributed by atoms with Gasteiger partial charge in [0, 0.05) is 13.2 Å². The number of carboxylic acids is 1. The molecule has 0 aliphatic heterocycles. The Labute approximate surface area is 118 Å². The molecule has 0 radical (unpaired) electrons. The van der Waals surface area contributed by atoms with Gasteiger partial charge >= 0.3 is 5.97 Å². The van der Waals surface area contributed by atoms with Crippen molar-refractivity contribution in [1.82, 2.24) is 4.72 Å². The van der Waals surface area contributed by atoms with E-state index in [1.54, 1.807) is 0 Å². The van der Waals surface area contributed by atoms with Crippen LogP contribution in [0.25, 0.3) is 0 Å². The second-order valence-corrected chi connectivity index (χ2v) is 6.08. The van der Waals surface area contributed by atoms with E-state index in [-0.39, 0.29) is 16.5 Å². The summed E-state index contributed by atoms with van der Waals surface area (Å²) in [6, 6.07) is 3.77. The molecule has 20 heavy (non-hydrogen) atoms. The smallest absolute Gasteiger partial charge is 0.335 e. The Morgan fingerprint density at radius 3 is 2.60 bits per heavy atom. The maximum absolute atomic E-state index is 12.0. The van der Waals surface area contributed by atoms with Gasteiger partial charge in [0.15, 0.2) is 0 Å². The zero-order chi connectivity index (χ0) is 15.3. The lowest BCUT2D eigenvalue weighted by molar-refractivity contribution is 0.0696. The van der Waals surface area contributed by atoms with Gasteiger partial charge in [0.2, 0.25) is 10.0 Å². The minimum Gasteiger partial charge on any atom is -0.478 e. The third-order valence-electron chi connectivity index (χ3n) is 2.61. The highest BCUT2D eigenvalue weighted by atomic mass is 32.2. The van der Waals surface area contributed by atoms with Crippen LogP contribution in [0.4, 0.5) is 5.69 Å². The number of rotatable bonds is 7. The maximum Gasteiger partial charge on any atom is 0.335 e. The third-order valence-corrected chi connectivity index (χ3v) is 4.06. The molecule has 0 bridgehead atoms. The Balaban J connectivity index is 3.26. The summed E-state index contributed by atoms with van der Waals surface area (Å²) in [6.45, 7) is 2.21. The molecule has 0 aliphatic carbocycles. The highest BCUT2D eigenvalue weighted by Gasteiger charge is 2.20. The summed E-state index contributed by atoms with van der Waals surface area (Å²) in [5.41, 5.74) is 0.234. The standard InChI is InChI=1S/C12H18N2O5S/c1-8(7-19-3)14-10-5-4-9(12(15)16)6-11(10)20(17,18)13-2/h4-6,8,13-14H,7H2,1-3H3,(H,15,16). The van der Waals surface area contributed by atoms with Crippen LogP contribution in [0.1, 0.15) is 17.3 Å². The van der Waals surface area contributed by atoms with E-state index in [9.17, 15) is 13.2 Å². The molecule has 0 spiro atoms. The Morgan fingerprint density at radius 1 is 1.45 bits per heavy atom. The van der Waals surface area contributed by atoms with Crippen molar-refractivity contribution in [2.24, 2.45) is 0 Å². The molecule has 1 aromatic carbocycles. The Hall–Kier alpha value is -1.64. The highest BCUT2D eigenvalue weighted by molar-refractivity contribution is 7.89. The van der Waals surface area contributed by atoms with Crippen LogP contribution in [0.3, 0.4) is 0 Å². The van der Waals surface area contributed by atoms with Gasteiger partial charge in [0.25, 0.3) is 0 Å². The van der Waals surface area contributed by atoms with Gasteiger partial charge in [-0.25, -0.2) is 17.9 Å². The van der Waals surface area contributed by atoms with E-state index in [4.69, 9.17) is 9.84 Å². The molecule has 112 valence electrons. The summed E-state index contributed by atoms with van der Waals surface area (Å²) in [5.74, 6) is -1.19. The predicted octanol–water partition coefficient (Wildman–Crippen LogP) is 0.740. The first-order valence-electron chi connectivity index (χ1n) is 5.88. The molecule has 0 aromatic heterocycles. The van der Waals surface area contributed by atoms with E-state index in [0.717, 1.165) is 6.07 Å². The SMILES string of the molecule is CNS(=O)(=O)c1cc(C(=O)O)ccc1NC(C)COC. The topological polar surface area (TPSA) is 105 Å². The minimum absolute atomic E-state index is 0.0937. The minimum atomic E-state index is -3.76. The first-order chi connectivity index (χ1) is 9.31. The van der Waals surface area contributed by atoms with Gasteiger partial charge in [-0.3, -0.25) is 0 Å². The predicted molar refractivity (Wildman–Crippen MR) is 74.6 cm³/mol. The number of aromatic carboxylic acids is 1. The molecule has 8 heteroatoms. The van der Waals surface area contributed by atoms with Crippen molar-refractivity contribution in [1.29, 1.82) is 0 Å². The van der Waals surface area contributed by atoms with E-state index in [0.29, 0.717) is 12.3 Å². The summed E-state index contributed by atoms with van der Waals surface area (Å²) >= 11 is 0. The molecule has 1 aromatic rings. The van der Waals surface area contributed by atoms with Gasteiger partial charge in [0.05, 0.1) is 17.9 Å². The van der Waals surface area contributed by atoms with Crippen molar-refractivity contribution in [3.05, 3.63) is 23.8 Å². The summed E-state index contributed by atoms with van der Waals surface area (Å²) in [4.78, 5) is 10.8. The molecule has 0 saturated carbocycles. The number of methoxy groups -OCH3 is 1. The number of benzene rings is 1. The molecule has 0 aliphatic rings. The van der Waals surface area contributed by atoms with Crippen LogP contribution in [-0.4, -0.2) is 46.3 Å². The zero-order valence-corrected chi connectivity index (χ0v) is 12.3. The van der Waals surface area contributed by atoms with E-state index < -0.39 is 16.0 Å². The largest absolute Gasteiger partial charge is 0.478 e. The van der Waals surface area contributed by atoms with E-state index >= 15 is 0 Å². The van der Waals surface area contributed by atoms with Crippen LogP contribution < -0.4 is 10.0 Å². The molecular weight excluding hydrogens is 284 g/mol. The van der Waals surface area contributed by atoms with Crippen molar-refractivity contribution >= 4 is 21.7 Å². The molecular formula is C12H18N2O5S. The first-order valence-corrected chi connectivity index (χ1v) is 7.36. The van der Waals surface area contributed by atoms with Crippen LogP contribution in [0, 0.1) is 0 Å². The van der Waals surface area contributed by atoms with Gasteiger partial charge < -0.3 is 15.2 Å². The van der Waals surface area contributed by atoms with Crippen molar-refractivity contribution in [3.63, 3.8) is 0 Å². The molecule has 0 amide bonds. The van der Waals surface area contributed by atoms with Crippen LogP contribution >= 0.6 is 0 Å². The van der Waals surface area contributed by atoms with Crippen LogP contribution in [-0.2, 0) is 14.8 Å². The van der Waals surface area contributed by atoms with E-state index in [1.807, 2.05) is 6.92 Å². The van der Waals surface area contributed by atoms with Crippen LogP contribution in [0.15, 0.2) is 23.1 Å². The number of hydrogen-bond donors (Lipinski definition) is 3. The van der Waals surface area contributed by atoms with Crippen molar-refractivity contribution in [2.45, 2.75) is 17.9 Å². The summed E-state index contributed by atoms with van der Waals surface area (Å²) in [7, 11) is -0.954. The number of nitrogens with one attached hydrogen (secondary N) is 2. The number of ether oxygens (including phenoxy) is 1. The monoisotopic (exact) mass is 302 g/mol. The molecule has 7 nitrogen and oxygen atoms in total. The van der Waals surface area contributed by atoms with Crippen molar-refractivity contribution in [3.8, 4) is 0 Å². The molecule has 3 N–H and O–H groups in total. The van der Waals surface area contributed by atoms with Gasteiger partial charge in [-0.1, -0.05) is 0 Å². The molecule has 1 rings (SSSR count). The number of hydrogen-bond acceptors (Lipinski definition) is 5. The normalized spacial score (nSPS) is 12.9. The van der Waals surface area contributed by atoms with Crippen molar-refractivity contribution in [2.75, 3.05) is 26.1 Å². The van der Waals surface area contributed by atoms with Crippen LogP contribution in [0.5, 0.6) is 0 Å². The maximum atomic E-state index is 12.0. The van der Waals surface area contributed by atoms with Crippen LogP contribution in [0.2, 0.25) is 0 Å². The van der Waals surface area contributed by atoms with Gasteiger partial charge in [-0.05, 0) is 32.2 Å². The molecule has 0 heterocycles. The number of carbonyl (C=O) groups is 1. The quantitative estimate of drug-likeness (QED) is 0.686. The third kappa shape index (κ3) is 3.92. The first kappa shape index (κ1) is 16.4. The Morgan fingerprint density at radius 2 is 2.10 bits per heavy atom. The zero-order valence-electron chi connectivity index (χ0n) is 11.5. The van der Waals surface area contributed by atoms with Gasteiger partial charge in [-0.2, -0.15) is 0 Å². The highest BCUT2D eigenvalue weighted by Crippen LogP contribution is 2.23. The molecule has 0 fully saturated rings. The van der Waals surface area contributed by atoms with E-state index in [2.05, 4.69) is 10.0 Å². The van der Waals surface area contributed by atoms with Gasteiger partial charge in [-0.15, -0.1) is 0 Å². The van der Waals surface area contributed by atoms with E-state index in [1.165, 1.54) is 26.3 Å². The number of sulfonamides is 1. The molecule has 0 saturated heterocycles. The summed E-state index contributed by atoms with van der Waals surface area (Å²) in [6.07, 6.45) is 0. The average molecular weight is 302 g/mol. The lowest BCUT2D eigenvalue weighted by Gasteiger charge is -2.17. The Kier molecular flexibility index (Phi) is 5.49. The lowest BCUT2D eigenvalue weighted by Crippen LogP contribution is -2.25. The summed E-state index contributed by atoms with van der Waals surface area (Å²) in [5, 5.41) is 11.9. The number of carboxylic acid groups (broad SMARTS) is 1. The second-order valence-electron chi connectivity index (χ2n) is 4.22. The average Bonchev–Trinajstić information content (AvgIpc) is 2.39. The fourth-order valence-electron chi connectivity index (χ4n) is 1.66. The van der Waals surface area contributed by atoms with Crippen molar-refractivity contribution < 1.29 is 23.1 Å². The fourth-order valence-corrected chi connectivity index (χ4v) is 2.58. The number of anilines is 1. The molecule has 1 atom stereocenters. The lowest BCUT2D eigenvalue weighted by atomic mass is 10.2. The fraction of sp³-hybridized carbons (Fsp3) is 0.417. The summed E-state index contributed by atoms with van der Waals surface area (Å²) < 4.78 is 31.1. The van der Waals surface area contributed by atoms with Gasteiger partial charge in [0.1, 0.15) is 4.90 Å². The molecule has 1 unspecified atom stereocenters.